The summed E-state index contributed by atoms with van der Waals surface area (Å²) in [5.74, 6) is -0.0323. The van der Waals surface area contributed by atoms with E-state index in [9.17, 15) is 4.79 Å². The van der Waals surface area contributed by atoms with Crippen molar-refractivity contribution in [2.45, 2.75) is 32.7 Å². The third-order valence-corrected chi connectivity index (χ3v) is 4.66. The number of benzene rings is 2. The molecule has 1 aliphatic heterocycles. The van der Waals surface area contributed by atoms with Gasteiger partial charge in [0.05, 0.1) is 11.8 Å². The molecule has 0 N–H and O–H groups in total. The monoisotopic (exact) mass is 370 g/mol. The first-order valence-corrected chi connectivity index (χ1v) is 8.60. The molecule has 2 aromatic rings. The summed E-state index contributed by atoms with van der Waals surface area (Å²) in [5.41, 5.74) is 4.46. The summed E-state index contributed by atoms with van der Waals surface area (Å²) in [7, 11) is 0. The van der Waals surface area contributed by atoms with Gasteiger partial charge in [0, 0.05) is 17.8 Å². The van der Waals surface area contributed by atoms with Crippen molar-refractivity contribution in [2.24, 2.45) is 5.10 Å². The van der Waals surface area contributed by atoms with Crippen LogP contribution in [0.5, 0.6) is 0 Å². The molecule has 0 spiro atoms. The molecule has 0 aliphatic carbocycles. The van der Waals surface area contributed by atoms with Crippen molar-refractivity contribution < 1.29 is 4.79 Å². The number of nitrogens with zero attached hydrogens (tertiary/aromatic N) is 2. The number of halogens is 1. The lowest BCUT2D eigenvalue weighted by Gasteiger charge is -2.20. The number of hydrogen-bond acceptors (Lipinski definition) is 2. The molecule has 1 aliphatic rings. The molecule has 1 amide bonds. The normalized spacial score (nSPS) is 17.3. The summed E-state index contributed by atoms with van der Waals surface area (Å²) in [5, 5.41) is 6.19. The van der Waals surface area contributed by atoms with Gasteiger partial charge < -0.3 is 0 Å². The first kappa shape index (κ1) is 15.9. The highest BCUT2D eigenvalue weighted by atomic mass is 79.9. The summed E-state index contributed by atoms with van der Waals surface area (Å²) >= 11 is 3.50. The quantitative estimate of drug-likeness (QED) is 0.769. The summed E-state index contributed by atoms with van der Waals surface area (Å²) in [4.78, 5) is 12.0. The zero-order valence-corrected chi connectivity index (χ0v) is 14.9. The van der Waals surface area contributed by atoms with Gasteiger partial charge in [-0.05, 0) is 35.2 Å². The minimum atomic E-state index is -0.0362. The molecule has 1 atom stereocenters. The molecule has 23 heavy (non-hydrogen) atoms. The van der Waals surface area contributed by atoms with Crippen LogP contribution in [0.3, 0.4) is 0 Å². The van der Waals surface area contributed by atoms with Crippen LogP contribution in [-0.2, 0) is 11.2 Å². The van der Waals surface area contributed by atoms with E-state index in [0.29, 0.717) is 0 Å². The molecule has 0 saturated heterocycles. The van der Waals surface area contributed by atoms with Gasteiger partial charge in [-0.2, -0.15) is 5.10 Å². The maximum absolute atomic E-state index is 12.0. The van der Waals surface area contributed by atoms with E-state index in [1.165, 1.54) is 5.56 Å². The van der Waals surface area contributed by atoms with E-state index in [1.54, 1.807) is 11.9 Å². The molecule has 0 unspecified atom stereocenters. The van der Waals surface area contributed by atoms with Crippen molar-refractivity contribution in [3.8, 4) is 0 Å². The lowest BCUT2D eigenvalue weighted by molar-refractivity contribution is -0.130. The predicted molar refractivity (Wildman–Crippen MR) is 96.4 cm³/mol. The van der Waals surface area contributed by atoms with Crippen LogP contribution < -0.4 is 0 Å². The highest BCUT2D eigenvalue weighted by Crippen LogP contribution is 2.33. The molecule has 0 saturated carbocycles. The number of hydrazone groups is 1. The number of rotatable bonds is 3. The average molecular weight is 371 g/mol. The van der Waals surface area contributed by atoms with Gasteiger partial charge in [-0.3, -0.25) is 4.79 Å². The Labute approximate surface area is 145 Å². The predicted octanol–water partition coefficient (Wildman–Crippen LogP) is 4.71. The average Bonchev–Trinajstić information content (AvgIpc) is 3.00. The van der Waals surface area contributed by atoms with E-state index < -0.39 is 0 Å². The third-order valence-electron chi connectivity index (χ3n) is 4.16. The van der Waals surface area contributed by atoms with Crippen molar-refractivity contribution >= 4 is 27.5 Å². The Bertz CT molecular complexity index is 752. The van der Waals surface area contributed by atoms with Gasteiger partial charge in [0.2, 0.25) is 5.91 Å². The lowest BCUT2D eigenvalue weighted by Crippen LogP contribution is -2.24. The van der Waals surface area contributed by atoms with E-state index >= 15 is 0 Å². The molecular formula is C19H19BrN2O. The first-order chi connectivity index (χ1) is 11.1. The third kappa shape index (κ3) is 3.37. The zero-order chi connectivity index (χ0) is 16.4. The van der Waals surface area contributed by atoms with Crippen LogP contribution in [0.4, 0.5) is 0 Å². The van der Waals surface area contributed by atoms with Crippen LogP contribution in [0.2, 0.25) is 0 Å². The Balaban J connectivity index is 1.91. The second kappa shape index (κ2) is 6.67. The largest absolute Gasteiger partial charge is 0.273 e. The maximum atomic E-state index is 12.0. The van der Waals surface area contributed by atoms with Gasteiger partial charge in [0.1, 0.15) is 0 Å². The van der Waals surface area contributed by atoms with E-state index in [1.807, 2.05) is 18.2 Å². The van der Waals surface area contributed by atoms with Crippen molar-refractivity contribution in [3.05, 3.63) is 69.7 Å². The van der Waals surface area contributed by atoms with Crippen LogP contribution >= 0.6 is 15.9 Å². The molecule has 3 nitrogen and oxygen atoms in total. The van der Waals surface area contributed by atoms with E-state index in [2.05, 4.69) is 58.3 Å². The molecule has 0 bridgehead atoms. The molecule has 0 radical (unpaired) electrons. The molecule has 3 rings (SSSR count). The smallest absolute Gasteiger partial charge is 0.240 e. The lowest BCUT2D eigenvalue weighted by atomic mass is 9.97. The van der Waals surface area contributed by atoms with Gasteiger partial charge in [0.25, 0.3) is 0 Å². The number of hydrogen-bond donors (Lipinski definition) is 0. The molecule has 1 heterocycles. The fourth-order valence-corrected chi connectivity index (χ4v) is 3.30. The molecular weight excluding hydrogens is 352 g/mol. The van der Waals surface area contributed by atoms with Gasteiger partial charge >= 0.3 is 0 Å². The first-order valence-electron chi connectivity index (χ1n) is 7.80. The van der Waals surface area contributed by atoms with E-state index in [-0.39, 0.29) is 11.9 Å². The van der Waals surface area contributed by atoms with Crippen LogP contribution in [-0.4, -0.2) is 16.6 Å². The summed E-state index contributed by atoms with van der Waals surface area (Å²) in [6.45, 7) is 3.71. The highest BCUT2D eigenvalue weighted by molar-refractivity contribution is 9.10. The van der Waals surface area contributed by atoms with Crippen LogP contribution in [0, 0.1) is 0 Å². The van der Waals surface area contributed by atoms with Gasteiger partial charge in [-0.25, -0.2) is 5.01 Å². The summed E-state index contributed by atoms with van der Waals surface area (Å²) in [6.07, 6.45) is 1.76. The SMILES string of the molecule is CCc1ccc(C2=NN(C(C)=O)[C@H](c3cccc(Br)c3)C2)cc1. The Morgan fingerprint density at radius 1 is 1.26 bits per heavy atom. The van der Waals surface area contributed by atoms with E-state index in [0.717, 1.165) is 34.2 Å². The second-order valence-electron chi connectivity index (χ2n) is 5.74. The second-order valence-corrected chi connectivity index (χ2v) is 6.65. The summed E-state index contributed by atoms with van der Waals surface area (Å²) in [6, 6.07) is 16.5. The number of carbonyl (C=O) groups excluding carboxylic acids is 1. The van der Waals surface area contributed by atoms with Crippen molar-refractivity contribution in [2.75, 3.05) is 0 Å². The van der Waals surface area contributed by atoms with Crippen LogP contribution in [0.1, 0.15) is 43.0 Å². The topological polar surface area (TPSA) is 32.7 Å². The van der Waals surface area contributed by atoms with Crippen molar-refractivity contribution in [1.82, 2.24) is 5.01 Å². The molecule has 0 fully saturated rings. The van der Waals surface area contributed by atoms with Gasteiger partial charge in [-0.1, -0.05) is 59.3 Å². The fraction of sp³-hybridized carbons (Fsp3) is 0.263. The number of amides is 1. The van der Waals surface area contributed by atoms with Crippen molar-refractivity contribution in [1.29, 1.82) is 0 Å². The minimum absolute atomic E-state index is 0.0323. The standard InChI is InChI=1S/C19H19BrN2O/c1-3-14-7-9-15(10-8-14)18-12-19(22(21-18)13(2)23)16-5-4-6-17(20)11-16/h4-11,19H,3,12H2,1-2H3/t19-/m0/s1. The molecule has 4 heteroatoms. The molecule has 118 valence electrons. The van der Waals surface area contributed by atoms with Gasteiger partial charge in [0.15, 0.2) is 0 Å². The maximum Gasteiger partial charge on any atom is 0.240 e. The number of aryl methyl sites for hydroxylation is 1. The van der Waals surface area contributed by atoms with Crippen LogP contribution in [0.25, 0.3) is 0 Å². The Kier molecular flexibility index (Phi) is 4.62. The minimum Gasteiger partial charge on any atom is -0.273 e. The summed E-state index contributed by atoms with van der Waals surface area (Å²) < 4.78 is 1.01. The van der Waals surface area contributed by atoms with E-state index in [4.69, 9.17) is 0 Å². The molecule has 2 aromatic carbocycles. The van der Waals surface area contributed by atoms with Gasteiger partial charge in [-0.15, -0.1) is 0 Å². The Morgan fingerprint density at radius 3 is 2.61 bits per heavy atom. The number of carbonyl (C=O) groups is 1. The molecule has 0 aromatic heterocycles. The Morgan fingerprint density at radius 2 is 2.00 bits per heavy atom. The van der Waals surface area contributed by atoms with Crippen molar-refractivity contribution in [3.63, 3.8) is 0 Å². The van der Waals surface area contributed by atoms with Crippen LogP contribution in [0.15, 0.2) is 58.1 Å². The fourth-order valence-electron chi connectivity index (χ4n) is 2.88. The highest BCUT2D eigenvalue weighted by Gasteiger charge is 2.31. The zero-order valence-electron chi connectivity index (χ0n) is 13.3. The Hall–Kier alpha value is -1.94.